The van der Waals surface area contributed by atoms with Crippen LogP contribution >= 0.6 is 0 Å². The number of ether oxygens (including phenoxy) is 1. The molecule has 0 aliphatic carbocycles. The summed E-state index contributed by atoms with van der Waals surface area (Å²) in [6, 6.07) is 28.8. The van der Waals surface area contributed by atoms with Crippen molar-refractivity contribution < 1.29 is 4.74 Å². The van der Waals surface area contributed by atoms with Crippen LogP contribution in [0.3, 0.4) is 0 Å². The van der Waals surface area contributed by atoms with Crippen molar-refractivity contribution in [1.29, 1.82) is 5.26 Å². The van der Waals surface area contributed by atoms with Gasteiger partial charge in [-0.3, -0.25) is 0 Å². The molecule has 0 saturated carbocycles. The molecule has 30 heavy (non-hydrogen) atoms. The molecule has 0 bridgehead atoms. The topological polar surface area (TPSA) is 82.9 Å². The minimum absolute atomic E-state index is 0.467. The molecule has 1 heterocycles. The fourth-order valence-corrected chi connectivity index (χ4v) is 2.81. The summed E-state index contributed by atoms with van der Waals surface area (Å²) in [6.07, 6.45) is 1.67. The van der Waals surface area contributed by atoms with Gasteiger partial charge in [-0.2, -0.15) is 10.2 Å². The summed E-state index contributed by atoms with van der Waals surface area (Å²) in [4.78, 5) is 8.73. The molecule has 0 spiro atoms. The summed E-state index contributed by atoms with van der Waals surface area (Å²) < 4.78 is 5.81. The van der Waals surface area contributed by atoms with E-state index in [2.05, 4.69) is 26.7 Å². The number of nitriles is 1. The molecular formula is C24H19N5O. The minimum Gasteiger partial charge on any atom is -0.489 e. The van der Waals surface area contributed by atoms with E-state index in [1.165, 1.54) is 0 Å². The summed E-state index contributed by atoms with van der Waals surface area (Å²) >= 11 is 0. The van der Waals surface area contributed by atoms with Crippen molar-refractivity contribution in [3.63, 3.8) is 0 Å². The number of nitrogens with one attached hydrogen (secondary N) is 2. The fraction of sp³-hybridized carbons (Fsp3) is 0.0417. The third kappa shape index (κ3) is 5.12. The number of rotatable bonds is 7. The second kappa shape index (κ2) is 9.22. The quantitative estimate of drug-likeness (QED) is 0.437. The molecule has 6 heteroatoms. The molecule has 146 valence electrons. The molecule has 4 aromatic rings. The molecule has 4 rings (SSSR count). The summed E-state index contributed by atoms with van der Waals surface area (Å²) in [5.74, 6) is 1.89. The highest BCUT2D eigenvalue weighted by Gasteiger charge is 2.03. The fourth-order valence-electron chi connectivity index (χ4n) is 2.81. The van der Waals surface area contributed by atoms with Gasteiger partial charge in [0.05, 0.1) is 11.6 Å². The van der Waals surface area contributed by atoms with Gasteiger partial charge in [0.25, 0.3) is 0 Å². The highest BCUT2D eigenvalue weighted by Crippen LogP contribution is 2.21. The first-order valence-corrected chi connectivity index (χ1v) is 9.42. The molecule has 0 atom stereocenters. The Bertz CT molecular complexity index is 1150. The largest absolute Gasteiger partial charge is 0.489 e. The maximum atomic E-state index is 9.03. The smallest absolute Gasteiger partial charge is 0.229 e. The summed E-state index contributed by atoms with van der Waals surface area (Å²) in [6.45, 7) is 0.525. The van der Waals surface area contributed by atoms with Crippen LogP contribution in [0, 0.1) is 11.3 Å². The Balaban J connectivity index is 1.38. The Kier molecular flexibility index (Phi) is 5.83. The van der Waals surface area contributed by atoms with Gasteiger partial charge in [0, 0.05) is 17.6 Å². The second-order valence-electron chi connectivity index (χ2n) is 6.51. The van der Waals surface area contributed by atoms with Crippen LogP contribution in [0.1, 0.15) is 11.1 Å². The number of anilines is 4. The lowest BCUT2D eigenvalue weighted by Crippen LogP contribution is -2.00. The van der Waals surface area contributed by atoms with E-state index in [0.29, 0.717) is 23.9 Å². The molecule has 0 radical (unpaired) electrons. The van der Waals surface area contributed by atoms with Crippen LogP contribution < -0.4 is 15.4 Å². The summed E-state index contributed by atoms with van der Waals surface area (Å²) in [5.41, 5.74) is 3.35. The van der Waals surface area contributed by atoms with Gasteiger partial charge in [-0.1, -0.05) is 36.4 Å². The van der Waals surface area contributed by atoms with Crippen molar-refractivity contribution in [2.24, 2.45) is 0 Å². The Morgan fingerprint density at radius 1 is 0.833 bits per heavy atom. The van der Waals surface area contributed by atoms with Gasteiger partial charge in [-0.05, 0) is 54.1 Å². The molecule has 3 aromatic carbocycles. The lowest BCUT2D eigenvalue weighted by molar-refractivity contribution is 0.306. The standard InChI is InChI=1S/C24H19N5O/c25-16-19-7-4-8-21(15-19)27-23-13-14-26-24(29-23)28-20-9-11-22(12-10-20)30-17-18-5-2-1-3-6-18/h1-15H,17H2,(H2,26,27,28,29). The van der Waals surface area contributed by atoms with E-state index in [4.69, 9.17) is 10.00 Å². The summed E-state index contributed by atoms with van der Waals surface area (Å²) in [5, 5.41) is 15.4. The van der Waals surface area contributed by atoms with Gasteiger partial charge in [-0.15, -0.1) is 0 Å². The third-order valence-electron chi connectivity index (χ3n) is 4.28. The Labute approximate surface area is 174 Å². The average molecular weight is 393 g/mol. The average Bonchev–Trinajstić information content (AvgIpc) is 2.80. The molecule has 0 saturated heterocycles. The van der Waals surface area contributed by atoms with Crippen molar-refractivity contribution in [3.05, 3.63) is 102 Å². The maximum absolute atomic E-state index is 9.03. The molecule has 0 amide bonds. The van der Waals surface area contributed by atoms with Crippen molar-refractivity contribution in [3.8, 4) is 11.8 Å². The number of nitrogens with zero attached hydrogens (tertiary/aromatic N) is 3. The van der Waals surface area contributed by atoms with Gasteiger partial charge in [-0.25, -0.2) is 4.98 Å². The zero-order chi connectivity index (χ0) is 20.6. The van der Waals surface area contributed by atoms with Gasteiger partial charge >= 0.3 is 0 Å². The van der Waals surface area contributed by atoms with E-state index in [9.17, 15) is 0 Å². The van der Waals surface area contributed by atoms with Gasteiger partial charge < -0.3 is 15.4 Å². The van der Waals surface area contributed by atoms with Crippen LogP contribution in [0.5, 0.6) is 5.75 Å². The van der Waals surface area contributed by atoms with Gasteiger partial charge in [0.1, 0.15) is 18.2 Å². The minimum atomic E-state index is 0.467. The van der Waals surface area contributed by atoms with Gasteiger partial charge in [0.2, 0.25) is 5.95 Å². The van der Waals surface area contributed by atoms with E-state index in [1.807, 2.05) is 66.7 Å². The van der Waals surface area contributed by atoms with Crippen LogP contribution in [0.4, 0.5) is 23.1 Å². The first kappa shape index (κ1) is 19.0. The SMILES string of the molecule is N#Cc1cccc(Nc2ccnc(Nc3ccc(OCc4ccccc4)cc3)n2)c1. The van der Waals surface area contributed by atoms with E-state index in [1.54, 1.807) is 24.4 Å². The van der Waals surface area contributed by atoms with Crippen molar-refractivity contribution >= 4 is 23.1 Å². The van der Waals surface area contributed by atoms with Crippen LogP contribution in [0.15, 0.2) is 91.1 Å². The number of hydrogen-bond donors (Lipinski definition) is 2. The van der Waals surface area contributed by atoms with E-state index < -0.39 is 0 Å². The van der Waals surface area contributed by atoms with Crippen molar-refractivity contribution in [2.45, 2.75) is 6.61 Å². The predicted molar refractivity (Wildman–Crippen MR) is 117 cm³/mol. The highest BCUT2D eigenvalue weighted by atomic mass is 16.5. The molecule has 0 aliphatic rings. The maximum Gasteiger partial charge on any atom is 0.229 e. The molecule has 1 aromatic heterocycles. The van der Waals surface area contributed by atoms with Crippen molar-refractivity contribution in [2.75, 3.05) is 10.6 Å². The number of hydrogen-bond acceptors (Lipinski definition) is 6. The number of aromatic nitrogens is 2. The predicted octanol–water partition coefficient (Wildman–Crippen LogP) is 5.41. The first-order valence-electron chi connectivity index (χ1n) is 9.42. The Hall–Kier alpha value is -4.37. The molecule has 0 aliphatic heterocycles. The molecule has 2 N–H and O–H groups in total. The Morgan fingerprint density at radius 2 is 1.67 bits per heavy atom. The van der Waals surface area contributed by atoms with Crippen LogP contribution in [0.2, 0.25) is 0 Å². The lowest BCUT2D eigenvalue weighted by Gasteiger charge is -2.10. The zero-order valence-corrected chi connectivity index (χ0v) is 16.1. The zero-order valence-electron chi connectivity index (χ0n) is 16.1. The monoisotopic (exact) mass is 393 g/mol. The summed E-state index contributed by atoms with van der Waals surface area (Å²) in [7, 11) is 0. The van der Waals surface area contributed by atoms with Crippen LogP contribution in [-0.2, 0) is 6.61 Å². The Morgan fingerprint density at radius 3 is 2.47 bits per heavy atom. The molecule has 0 fully saturated rings. The van der Waals surface area contributed by atoms with Crippen LogP contribution in [-0.4, -0.2) is 9.97 Å². The second-order valence-corrected chi connectivity index (χ2v) is 6.51. The molecule has 6 nitrogen and oxygen atoms in total. The van der Waals surface area contributed by atoms with E-state index in [0.717, 1.165) is 22.7 Å². The molecular weight excluding hydrogens is 374 g/mol. The third-order valence-corrected chi connectivity index (χ3v) is 4.28. The van der Waals surface area contributed by atoms with E-state index >= 15 is 0 Å². The highest BCUT2D eigenvalue weighted by molar-refractivity contribution is 5.61. The van der Waals surface area contributed by atoms with Crippen LogP contribution in [0.25, 0.3) is 0 Å². The van der Waals surface area contributed by atoms with Gasteiger partial charge in [0.15, 0.2) is 0 Å². The number of benzene rings is 3. The first-order chi connectivity index (χ1) is 14.8. The van der Waals surface area contributed by atoms with Crippen molar-refractivity contribution in [1.82, 2.24) is 9.97 Å². The van der Waals surface area contributed by atoms with E-state index in [-0.39, 0.29) is 0 Å². The lowest BCUT2D eigenvalue weighted by atomic mass is 10.2. The molecule has 0 unspecified atom stereocenters. The normalized spacial score (nSPS) is 10.1.